The molecule has 2 aromatic carbocycles. The summed E-state index contributed by atoms with van der Waals surface area (Å²) >= 11 is 0. The first kappa shape index (κ1) is 17.7. The van der Waals surface area contributed by atoms with Gasteiger partial charge < -0.3 is 4.74 Å². The van der Waals surface area contributed by atoms with Crippen molar-refractivity contribution in [3.8, 4) is 17.0 Å². The molecule has 1 N–H and O–H groups in total. The molecule has 0 aliphatic carbocycles. The molecule has 0 fully saturated rings. The number of anilines is 1. The maximum atomic E-state index is 12.0. The first-order chi connectivity index (χ1) is 12.3. The van der Waals surface area contributed by atoms with Gasteiger partial charge in [-0.3, -0.25) is 10.00 Å². The molecule has 3 rings (SSSR count). The number of nitrogens with zero attached hydrogens (tertiary/aromatic N) is 2. The highest BCUT2D eigenvalue weighted by Crippen LogP contribution is 2.23. The van der Waals surface area contributed by atoms with Crippen molar-refractivity contribution in [2.75, 3.05) is 11.6 Å². The van der Waals surface area contributed by atoms with Crippen molar-refractivity contribution < 1.29 is 17.9 Å². The second-order valence-electron chi connectivity index (χ2n) is 5.66. The number of benzene rings is 2. The van der Waals surface area contributed by atoms with Crippen molar-refractivity contribution in [1.82, 2.24) is 9.78 Å². The molecule has 1 aromatic heterocycles. The predicted molar refractivity (Wildman–Crippen MR) is 97.8 cm³/mol. The van der Waals surface area contributed by atoms with Crippen molar-refractivity contribution in [3.05, 3.63) is 60.7 Å². The molecule has 1 heterocycles. The van der Waals surface area contributed by atoms with Crippen LogP contribution in [0.3, 0.4) is 0 Å². The van der Waals surface area contributed by atoms with Gasteiger partial charge in [0, 0.05) is 24.9 Å². The third-order valence-corrected chi connectivity index (χ3v) is 4.77. The molecule has 8 heteroatoms. The van der Waals surface area contributed by atoms with Gasteiger partial charge in [-0.05, 0) is 24.3 Å². The molecule has 0 saturated carbocycles. The van der Waals surface area contributed by atoms with Gasteiger partial charge in [-0.1, -0.05) is 30.3 Å². The standard InChI is InChI=1S/C18H17N3O4S/c1-21-17(19-18(22)25-14-6-4-3-5-7-14)12-16(20-21)13-8-10-15(11-9-13)26(2,23)24/h3-12H,1-2H3,(H,19,22). The molecular formula is C18H17N3O4S. The van der Waals surface area contributed by atoms with Crippen LogP contribution in [0.4, 0.5) is 10.6 Å². The topological polar surface area (TPSA) is 90.3 Å². The summed E-state index contributed by atoms with van der Waals surface area (Å²) in [5, 5.41) is 6.96. The largest absolute Gasteiger partial charge is 0.418 e. The fourth-order valence-corrected chi connectivity index (χ4v) is 2.95. The van der Waals surface area contributed by atoms with Gasteiger partial charge in [0.1, 0.15) is 11.6 Å². The molecule has 134 valence electrons. The Hall–Kier alpha value is -3.13. The SMILES string of the molecule is Cn1nc(-c2ccc(S(C)(=O)=O)cc2)cc1NC(=O)Oc1ccccc1. The van der Waals surface area contributed by atoms with Crippen molar-refractivity contribution >= 4 is 21.7 Å². The summed E-state index contributed by atoms with van der Waals surface area (Å²) in [4.78, 5) is 12.2. The van der Waals surface area contributed by atoms with Crippen molar-refractivity contribution in [3.63, 3.8) is 0 Å². The van der Waals surface area contributed by atoms with E-state index in [0.29, 0.717) is 17.3 Å². The highest BCUT2D eigenvalue weighted by atomic mass is 32.2. The van der Waals surface area contributed by atoms with Gasteiger partial charge in [-0.25, -0.2) is 13.2 Å². The van der Waals surface area contributed by atoms with E-state index in [1.54, 1.807) is 49.5 Å². The Morgan fingerprint density at radius 3 is 2.35 bits per heavy atom. The lowest BCUT2D eigenvalue weighted by Crippen LogP contribution is -2.18. The Morgan fingerprint density at radius 1 is 1.08 bits per heavy atom. The zero-order valence-electron chi connectivity index (χ0n) is 14.2. The minimum atomic E-state index is -3.25. The fraction of sp³-hybridized carbons (Fsp3) is 0.111. The third kappa shape index (κ3) is 4.09. The van der Waals surface area contributed by atoms with E-state index in [9.17, 15) is 13.2 Å². The van der Waals surface area contributed by atoms with E-state index in [1.807, 2.05) is 6.07 Å². The van der Waals surface area contributed by atoms with Crippen LogP contribution in [0.1, 0.15) is 0 Å². The van der Waals surface area contributed by atoms with Crippen LogP contribution in [-0.4, -0.2) is 30.5 Å². The van der Waals surface area contributed by atoms with Gasteiger partial charge in [0.25, 0.3) is 0 Å². The molecule has 0 bridgehead atoms. The Morgan fingerprint density at radius 2 is 1.73 bits per heavy atom. The molecular weight excluding hydrogens is 354 g/mol. The summed E-state index contributed by atoms with van der Waals surface area (Å²) in [6.07, 6.45) is 0.529. The molecule has 0 saturated heterocycles. The second kappa shape index (κ2) is 7.01. The maximum Gasteiger partial charge on any atom is 0.418 e. The number of sulfone groups is 1. The lowest BCUT2D eigenvalue weighted by molar-refractivity contribution is 0.215. The molecule has 7 nitrogen and oxygen atoms in total. The summed E-state index contributed by atoms with van der Waals surface area (Å²) < 4.78 is 29.7. The normalized spacial score (nSPS) is 11.2. The van der Waals surface area contributed by atoms with Crippen molar-refractivity contribution in [1.29, 1.82) is 0 Å². The van der Waals surface area contributed by atoms with E-state index in [1.165, 1.54) is 16.8 Å². The number of carbonyl (C=O) groups is 1. The Bertz CT molecular complexity index is 1030. The zero-order chi connectivity index (χ0) is 18.7. The third-order valence-electron chi connectivity index (χ3n) is 3.64. The maximum absolute atomic E-state index is 12.0. The van der Waals surface area contributed by atoms with E-state index >= 15 is 0 Å². The number of aryl methyl sites for hydroxylation is 1. The Labute approximate surface area is 151 Å². The van der Waals surface area contributed by atoms with E-state index < -0.39 is 15.9 Å². The number of carbonyl (C=O) groups excluding carboxylic acids is 1. The first-order valence-electron chi connectivity index (χ1n) is 7.71. The number of hydrogen-bond donors (Lipinski definition) is 1. The number of ether oxygens (including phenoxy) is 1. The van der Waals surface area contributed by atoms with Crippen LogP contribution < -0.4 is 10.1 Å². The zero-order valence-corrected chi connectivity index (χ0v) is 15.0. The van der Waals surface area contributed by atoms with Crippen LogP contribution in [-0.2, 0) is 16.9 Å². The number of aromatic nitrogens is 2. The fourth-order valence-electron chi connectivity index (χ4n) is 2.32. The van der Waals surface area contributed by atoms with Gasteiger partial charge in [0.05, 0.1) is 10.6 Å². The molecule has 0 aliphatic rings. The van der Waals surface area contributed by atoms with Gasteiger partial charge in [0.15, 0.2) is 9.84 Å². The first-order valence-corrected chi connectivity index (χ1v) is 9.60. The lowest BCUT2D eigenvalue weighted by atomic mass is 10.1. The second-order valence-corrected chi connectivity index (χ2v) is 7.68. The Balaban J connectivity index is 1.75. The molecule has 26 heavy (non-hydrogen) atoms. The molecule has 0 unspecified atom stereocenters. The number of amides is 1. The molecule has 0 aliphatic heterocycles. The average Bonchev–Trinajstić information content (AvgIpc) is 2.96. The Kier molecular flexibility index (Phi) is 4.77. The van der Waals surface area contributed by atoms with Crippen LogP contribution in [0.25, 0.3) is 11.3 Å². The summed E-state index contributed by atoms with van der Waals surface area (Å²) in [5.74, 6) is 0.886. The smallest absolute Gasteiger partial charge is 0.410 e. The summed E-state index contributed by atoms with van der Waals surface area (Å²) in [6.45, 7) is 0. The molecule has 3 aromatic rings. The monoisotopic (exact) mass is 371 g/mol. The van der Waals surface area contributed by atoms with Gasteiger partial charge in [-0.15, -0.1) is 0 Å². The van der Waals surface area contributed by atoms with Crippen LogP contribution in [0, 0.1) is 0 Å². The molecule has 0 radical (unpaired) electrons. The van der Waals surface area contributed by atoms with Crippen molar-refractivity contribution in [2.24, 2.45) is 7.05 Å². The number of hydrogen-bond acceptors (Lipinski definition) is 5. The van der Waals surface area contributed by atoms with Gasteiger partial charge >= 0.3 is 6.09 Å². The summed E-state index contributed by atoms with van der Waals surface area (Å²) in [7, 11) is -1.56. The lowest BCUT2D eigenvalue weighted by Gasteiger charge is -2.05. The number of nitrogens with one attached hydrogen (secondary N) is 1. The minimum Gasteiger partial charge on any atom is -0.410 e. The highest BCUT2D eigenvalue weighted by molar-refractivity contribution is 7.90. The van der Waals surface area contributed by atoms with Crippen LogP contribution in [0.5, 0.6) is 5.75 Å². The minimum absolute atomic E-state index is 0.238. The van der Waals surface area contributed by atoms with E-state index in [4.69, 9.17) is 4.74 Å². The van der Waals surface area contributed by atoms with E-state index in [2.05, 4.69) is 10.4 Å². The van der Waals surface area contributed by atoms with Gasteiger partial charge in [0.2, 0.25) is 0 Å². The van der Waals surface area contributed by atoms with Crippen molar-refractivity contribution in [2.45, 2.75) is 4.90 Å². The quantitative estimate of drug-likeness (QED) is 0.761. The van der Waals surface area contributed by atoms with Crippen LogP contribution in [0.2, 0.25) is 0 Å². The van der Waals surface area contributed by atoms with E-state index in [-0.39, 0.29) is 4.90 Å². The molecule has 1 amide bonds. The summed E-state index contributed by atoms with van der Waals surface area (Å²) in [5.41, 5.74) is 1.33. The molecule has 0 spiro atoms. The predicted octanol–water partition coefficient (Wildman–Crippen LogP) is 3.10. The van der Waals surface area contributed by atoms with E-state index in [0.717, 1.165) is 11.8 Å². The molecule has 0 atom stereocenters. The van der Waals surface area contributed by atoms with Gasteiger partial charge in [-0.2, -0.15) is 5.10 Å². The van der Waals surface area contributed by atoms with Crippen LogP contribution in [0.15, 0.2) is 65.6 Å². The highest BCUT2D eigenvalue weighted by Gasteiger charge is 2.13. The summed E-state index contributed by atoms with van der Waals surface area (Å²) in [6, 6.07) is 16.8. The van der Waals surface area contributed by atoms with Crippen LogP contribution >= 0.6 is 0 Å². The average molecular weight is 371 g/mol. The number of para-hydroxylation sites is 1. The number of rotatable bonds is 4.